The number of rotatable bonds is 2. The largest absolute Gasteiger partial charge is 0.308 e. The first-order valence-electron chi connectivity index (χ1n) is 6.14. The van der Waals surface area contributed by atoms with Gasteiger partial charge in [0.1, 0.15) is 0 Å². The predicted octanol–water partition coefficient (Wildman–Crippen LogP) is 3.27. The summed E-state index contributed by atoms with van der Waals surface area (Å²) in [5.74, 6) is 0.940. The van der Waals surface area contributed by atoms with Crippen LogP contribution in [0.2, 0.25) is 0 Å². The van der Waals surface area contributed by atoms with E-state index in [1.165, 1.54) is 50.6 Å². The molecule has 0 aromatic carbocycles. The Bertz CT molecular complexity index is 213. The Morgan fingerprint density at radius 2 is 2.00 bits per heavy atom. The van der Waals surface area contributed by atoms with Crippen LogP contribution in [0, 0.1) is 5.92 Å². The molecule has 2 rings (SSSR count). The predicted molar refractivity (Wildman–Crippen MR) is 61.4 cm³/mol. The fourth-order valence-electron chi connectivity index (χ4n) is 2.83. The quantitative estimate of drug-likeness (QED) is 0.664. The van der Waals surface area contributed by atoms with Crippen molar-refractivity contribution in [1.82, 2.24) is 5.32 Å². The van der Waals surface area contributed by atoms with Crippen molar-refractivity contribution in [3.8, 4) is 0 Å². The molecule has 1 heteroatoms. The molecule has 1 aliphatic carbocycles. The van der Waals surface area contributed by atoms with Crippen LogP contribution in [0.1, 0.15) is 52.4 Å². The van der Waals surface area contributed by atoms with Gasteiger partial charge in [-0.25, -0.2) is 0 Å². The number of hydrogen-bond donors (Lipinski definition) is 1. The summed E-state index contributed by atoms with van der Waals surface area (Å²) in [4.78, 5) is 0. The average Bonchev–Trinajstić information content (AvgIpc) is 2.89. The minimum absolute atomic E-state index is 0.384. The second kappa shape index (κ2) is 4.06. The standard InChI is InChI=1S/C13H23N/c1-11(2)10-13(12-6-7-12)8-4-3-5-9-14-13/h10,12,14H,3-9H2,1-2H3. The monoisotopic (exact) mass is 193 g/mol. The highest BCUT2D eigenvalue weighted by molar-refractivity contribution is 5.17. The molecule has 0 aromatic rings. The van der Waals surface area contributed by atoms with Gasteiger partial charge in [0.25, 0.3) is 0 Å². The van der Waals surface area contributed by atoms with Gasteiger partial charge in [-0.05, 0) is 52.0 Å². The van der Waals surface area contributed by atoms with Gasteiger partial charge in [0.05, 0.1) is 0 Å². The summed E-state index contributed by atoms with van der Waals surface area (Å²) >= 11 is 0. The maximum atomic E-state index is 3.81. The molecule has 14 heavy (non-hydrogen) atoms. The second-order valence-electron chi connectivity index (χ2n) is 5.27. The third-order valence-corrected chi connectivity index (χ3v) is 3.57. The first-order valence-corrected chi connectivity index (χ1v) is 6.14. The Kier molecular flexibility index (Phi) is 2.96. The van der Waals surface area contributed by atoms with Gasteiger partial charge in [0.2, 0.25) is 0 Å². The lowest BCUT2D eigenvalue weighted by molar-refractivity contribution is 0.346. The van der Waals surface area contributed by atoms with E-state index in [0.717, 1.165) is 5.92 Å². The van der Waals surface area contributed by atoms with Crippen molar-refractivity contribution in [2.75, 3.05) is 6.54 Å². The zero-order chi connectivity index (χ0) is 10.0. The fraction of sp³-hybridized carbons (Fsp3) is 0.846. The van der Waals surface area contributed by atoms with Gasteiger partial charge < -0.3 is 5.32 Å². The van der Waals surface area contributed by atoms with Crippen LogP contribution in [0.3, 0.4) is 0 Å². The summed E-state index contributed by atoms with van der Waals surface area (Å²) in [6.45, 7) is 5.69. The second-order valence-corrected chi connectivity index (χ2v) is 5.27. The Labute approximate surface area is 88.0 Å². The van der Waals surface area contributed by atoms with E-state index in [2.05, 4.69) is 25.2 Å². The van der Waals surface area contributed by atoms with E-state index in [1.54, 1.807) is 0 Å². The third-order valence-electron chi connectivity index (χ3n) is 3.57. The summed E-state index contributed by atoms with van der Waals surface area (Å²) in [5, 5.41) is 3.81. The van der Waals surface area contributed by atoms with Crippen LogP contribution in [0.15, 0.2) is 11.6 Å². The van der Waals surface area contributed by atoms with Crippen LogP contribution in [-0.4, -0.2) is 12.1 Å². The van der Waals surface area contributed by atoms with E-state index in [4.69, 9.17) is 0 Å². The molecule has 80 valence electrons. The highest BCUT2D eigenvalue weighted by Crippen LogP contribution is 2.44. The highest BCUT2D eigenvalue weighted by atomic mass is 15.0. The van der Waals surface area contributed by atoms with Gasteiger partial charge in [-0.2, -0.15) is 0 Å². The molecule has 1 aliphatic heterocycles. The Morgan fingerprint density at radius 1 is 1.21 bits per heavy atom. The van der Waals surface area contributed by atoms with Crippen LogP contribution < -0.4 is 5.32 Å². The van der Waals surface area contributed by atoms with Crippen LogP contribution in [0.5, 0.6) is 0 Å². The van der Waals surface area contributed by atoms with E-state index in [9.17, 15) is 0 Å². The normalized spacial score (nSPS) is 33.6. The summed E-state index contributed by atoms with van der Waals surface area (Å²) < 4.78 is 0. The minimum Gasteiger partial charge on any atom is -0.308 e. The Balaban J connectivity index is 2.14. The van der Waals surface area contributed by atoms with Crippen LogP contribution in [0.25, 0.3) is 0 Å². The lowest BCUT2D eigenvalue weighted by Crippen LogP contribution is -2.45. The molecule has 2 aliphatic rings. The number of hydrogen-bond acceptors (Lipinski definition) is 1. The van der Waals surface area contributed by atoms with Gasteiger partial charge in [0.15, 0.2) is 0 Å². The first kappa shape index (κ1) is 10.2. The van der Waals surface area contributed by atoms with E-state index in [-0.39, 0.29) is 0 Å². The summed E-state index contributed by atoms with van der Waals surface area (Å²) in [7, 11) is 0. The maximum Gasteiger partial charge on any atom is 0.0395 e. The molecule has 0 aromatic heterocycles. The molecule has 2 fully saturated rings. The molecule has 0 spiro atoms. The van der Waals surface area contributed by atoms with Gasteiger partial charge in [-0.3, -0.25) is 0 Å². The van der Waals surface area contributed by atoms with E-state index < -0.39 is 0 Å². The molecule has 1 atom stereocenters. The number of allylic oxidation sites excluding steroid dienone is 1. The van der Waals surface area contributed by atoms with Crippen LogP contribution in [0.4, 0.5) is 0 Å². The topological polar surface area (TPSA) is 12.0 Å². The molecule has 0 amide bonds. The fourth-order valence-corrected chi connectivity index (χ4v) is 2.83. The van der Waals surface area contributed by atoms with Crippen molar-refractivity contribution >= 4 is 0 Å². The lowest BCUT2D eigenvalue weighted by Gasteiger charge is -2.31. The third kappa shape index (κ3) is 2.20. The molecule has 0 radical (unpaired) electrons. The molecule has 1 nitrogen and oxygen atoms in total. The molecule has 1 heterocycles. The average molecular weight is 193 g/mol. The molecule has 1 N–H and O–H groups in total. The molecule has 1 saturated carbocycles. The zero-order valence-corrected chi connectivity index (χ0v) is 9.60. The summed E-state index contributed by atoms with van der Waals surface area (Å²) in [6.07, 6.45) is 10.9. The highest BCUT2D eigenvalue weighted by Gasteiger charge is 2.43. The van der Waals surface area contributed by atoms with E-state index in [1.807, 2.05) is 0 Å². The van der Waals surface area contributed by atoms with Crippen LogP contribution in [-0.2, 0) is 0 Å². The number of nitrogens with one attached hydrogen (secondary N) is 1. The van der Waals surface area contributed by atoms with Crippen molar-refractivity contribution in [1.29, 1.82) is 0 Å². The molecular formula is C13H23N. The van der Waals surface area contributed by atoms with Crippen LogP contribution >= 0.6 is 0 Å². The van der Waals surface area contributed by atoms with Gasteiger partial charge >= 0.3 is 0 Å². The smallest absolute Gasteiger partial charge is 0.0395 e. The van der Waals surface area contributed by atoms with Crippen molar-refractivity contribution in [2.45, 2.75) is 57.9 Å². The first-order chi connectivity index (χ1) is 6.73. The lowest BCUT2D eigenvalue weighted by atomic mass is 9.86. The van der Waals surface area contributed by atoms with Crippen molar-refractivity contribution < 1.29 is 0 Å². The van der Waals surface area contributed by atoms with Gasteiger partial charge in [-0.1, -0.05) is 24.5 Å². The van der Waals surface area contributed by atoms with E-state index >= 15 is 0 Å². The Hall–Kier alpha value is -0.300. The molecule has 0 bridgehead atoms. The molecule has 1 unspecified atom stereocenters. The minimum atomic E-state index is 0.384. The van der Waals surface area contributed by atoms with E-state index in [0.29, 0.717) is 5.54 Å². The van der Waals surface area contributed by atoms with Crippen molar-refractivity contribution in [3.05, 3.63) is 11.6 Å². The van der Waals surface area contributed by atoms with Crippen molar-refractivity contribution in [2.24, 2.45) is 5.92 Å². The zero-order valence-electron chi connectivity index (χ0n) is 9.60. The SMILES string of the molecule is CC(C)=CC1(C2CC2)CCCCCN1. The maximum absolute atomic E-state index is 3.81. The summed E-state index contributed by atoms with van der Waals surface area (Å²) in [6, 6.07) is 0. The summed E-state index contributed by atoms with van der Waals surface area (Å²) in [5.41, 5.74) is 1.86. The molecule has 1 saturated heterocycles. The molecular weight excluding hydrogens is 170 g/mol. The Morgan fingerprint density at radius 3 is 2.64 bits per heavy atom. The van der Waals surface area contributed by atoms with Crippen molar-refractivity contribution in [3.63, 3.8) is 0 Å². The van der Waals surface area contributed by atoms with Gasteiger partial charge in [0, 0.05) is 5.54 Å². The van der Waals surface area contributed by atoms with Gasteiger partial charge in [-0.15, -0.1) is 0 Å².